The second-order valence-electron chi connectivity index (χ2n) is 6.83. The van der Waals surface area contributed by atoms with Gasteiger partial charge in [-0.15, -0.1) is 0 Å². The second-order valence-corrected chi connectivity index (χ2v) is 10.6. The monoisotopic (exact) mass is 430 g/mol. The molecule has 0 unspecified atom stereocenters. The number of aryl methyl sites for hydroxylation is 3. The summed E-state index contributed by atoms with van der Waals surface area (Å²) in [6.07, 6.45) is 3.17. The van der Waals surface area contributed by atoms with E-state index < -0.39 is 20.0 Å². The molecule has 0 atom stereocenters. The molecule has 1 aliphatic heterocycles. The molecular formula is C16H26N6O4S2. The van der Waals surface area contributed by atoms with Crippen LogP contribution in [0.15, 0.2) is 22.2 Å². The van der Waals surface area contributed by atoms with Crippen LogP contribution in [0.5, 0.6) is 0 Å². The molecule has 0 radical (unpaired) electrons. The highest BCUT2D eigenvalue weighted by Crippen LogP contribution is 2.25. The Morgan fingerprint density at radius 3 is 2.11 bits per heavy atom. The molecule has 0 bridgehead atoms. The lowest BCUT2D eigenvalue weighted by Gasteiger charge is -2.21. The molecule has 12 heteroatoms. The van der Waals surface area contributed by atoms with E-state index in [1.54, 1.807) is 25.6 Å². The summed E-state index contributed by atoms with van der Waals surface area (Å²) in [4.78, 5) is 0.333. The van der Waals surface area contributed by atoms with Crippen molar-refractivity contribution in [2.45, 2.75) is 43.5 Å². The Bertz CT molecular complexity index is 1070. The molecule has 3 heterocycles. The van der Waals surface area contributed by atoms with Crippen LogP contribution in [0.4, 0.5) is 0 Å². The third kappa shape index (κ3) is 3.61. The van der Waals surface area contributed by atoms with Gasteiger partial charge < -0.3 is 0 Å². The zero-order chi connectivity index (χ0) is 20.7. The summed E-state index contributed by atoms with van der Waals surface area (Å²) in [5, 5.41) is 8.22. The number of hydrogen-bond acceptors (Lipinski definition) is 6. The van der Waals surface area contributed by atoms with Gasteiger partial charge in [-0.25, -0.2) is 16.8 Å². The average Bonchev–Trinajstić information content (AvgIpc) is 3.07. The van der Waals surface area contributed by atoms with Gasteiger partial charge >= 0.3 is 0 Å². The number of rotatable bonds is 5. The topological polar surface area (TPSA) is 110 Å². The first kappa shape index (κ1) is 21.0. The number of sulfonamides is 2. The summed E-state index contributed by atoms with van der Waals surface area (Å²) in [6, 6.07) is 0. The number of hydrogen-bond donors (Lipinski definition) is 0. The Labute approximate surface area is 165 Å². The first-order valence-electron chi connectivity index (χ1n) is 9.12. The lowest BCUT2D eigenvalue weighted by atomic mass is 10.4. The van der Waals surface area contributed by atoms with E-state index in [9.17, 15) is 16.8 Å². The van der Waals surface area contributed by atoms with Crippen molar-refractivity contribution in [1.82, 2.24) is 28.2 Å². The van der Waals surface area contributed by atoms with E-state index in [-0.39, 0.29) is 36.0 Å². The van der Waals surface area contributed by atoms with Crippen molar-refractivity contribution in [3.8, 4) is 0 Å². The van der Waals surface area contributed by atoms with E-state index in [2.05, 4.69) is 10.2 Å². The highest BCUT2D eigenvalue weighted by Gasteiger charge is 2.34. The van der Waals surface area contributed by atoms with Crippen LogP contribution >= 0.6 is 0 Å². The van der Waals surface area contributed by atoms with Gasteiger partial charge in [0.25, 0.3) is 0 Å². The fourth-order valence-corrected chi connectivity index (χ4v) is 6.82. The highest BCUT2D eigenvalue weighted by molar-refractivity contribution is 7.89. The fraction of sp³-hybridized carbons (Fsp3) is 0.625. The summed E-state index contributed by atoms with van der Waals surface area (Å²) < 4.78 is 57.9. The van der Waals surface area contributed by atoms with Crippen LogP contribution in [-0.4, -0.2) is 71.2 Å². The molecule has 1 aliphatic rings. The van der Waals surface area contributed by atoms with Gasteiger partial charge in [0.15, 0.2) is 0 Å². The molecule has 0 aromatic carbocycles. The molecule has 1 saturated heterocycles. The van der Waals surface area contributed by atoms with Gasteiger partial charge in [-0.05, 0) is 27.2 Å². The SMILES string of the molecule is CCn1nc(C)c(S(=O)(=O)N2CCCN(S(=O)(=O)c3cnn(C)c3)CC2)c1C. The molecule has 0 amide bonds. The maximum Gasteiger partial charge on any atom is 0.246 e. The van der Waals surface area contributed by atoms with Gasteiger partial charge in [0.1, 0.15) is 9.79 Å². The van der Waals surface area contributed by atoms with E-state index in [0.29, 0.717) is 24.4 Å². The van der Waals surface area contributed by atoms with Gasteiger partial charge in [-0.3, -0.25) is 9.36 Å². The smallest absolute Gasteiger partial charge is 0.246 e. The Morgan fingerprint density at radius 2 is 1.61 bits per heavy atom. The first-order valence-corrected chi connectivity index (χ1v) is 12.0. The van der Waals surface area contributed by atoms with Crippen molar-refractivity contribution < 1.29 is 16.8 Å². The Kier molecular flexibility index (Phi) is 5.67. The quantitative estimate of drug-likeness (QED) is 0.676. The normalized spacial score (nSPS) is 17.7. The lowest BCUT2D eigenvalue weighted by molar-refractivity contribution is 0.404. The minimum Gasteiger partial charge on any atom is -0.274 e. The van der Waals surface area contributed by atoms with Crippen LogP contribution in [0.1, 0.15) is 24.7 Å². The van der Waals surface area contributed by atoms with Crippen molar-refractivity contribution in [1.29, 1.82) is 0 Å². The Morgan fingerprint density at radius 1 is 1.00 bits per heavy atom. The number of nitrogens with zero attached hydrogens (tertiary/aromatic N) is 6. The van der Waals surface area contributed by atoms with E-state index in [4.69, 9.17) is 0 Å². The zero-order valence-electron chi connectivity index (χ0n) is 16.5. The highest BCUT2D eigenvalue weighted by atomic mass is 32.2. The van der Waals surface area contributed by atoms with Crippen LogP contribution in [0.25, 0.3) is 0 Å². The van der Waals surface area contributed by atoms with Gasteiger partial charge in [0.05, 0.1) is 17.6 Å². The van der Waals surface area contributed by atoms with Crippen LogP contribution in [0, 0.1) is 13.8 Å². The largest absolute Gasteiger partial charge is 0.274 e. The third-order valence-electron chi connectivity index (χ3n) is 4.95. The minimum atomic E-state index is -3.75. The summed E-state index contributed by atoms with van der Waals surface area (Å²) >= 11 is 0. The molecule has 2 aromatic rings. The van der Waals surface area contributed by atoms with Gasteiger partial charge in [0.2, 0.25) is 20.0 Å². The van der Waals surface area contributed by atoms with Crippen LogP contribution in [-0.2, 0) is 33.6 Å². The Balaban J connectivity index is 1.85. The molecule has 2 aromatic heterocycles. The first-order chi connectivity index (χ1) is 13.1. The summed E-state index contributed by atoms with van der Waals surface area (Å²) in [5.74, 6) is 0. The van der Waals surface area contributed by atoms with Gasteiger partial charge in [-0.2, -0.15) is 18.8 Å². The molecule has 3 rings (SSSR count). The molecule has 0 N–H and O–H groups in total. The molecule has 28 heavy (non-hydrogen) atoms. The fourth-order valence-electron chi connectivity index (χ4n) is 3.52. The van der Waals surface area contributed by atoms with Gasteiger partial charge in [-0.1, -0.05) is 0 Å². The molecule has 1 fully saturated rings. The van der Waals surface area contributed by atoms with Crippen LogP contribution in [0.2, 0.25) is 0 Å². The zero-order valence-corrected chi connectivity index (χ0v) is 18.2. The minimum absolute atomic E-state index is 0.0937. The molecule has 10 nitrogen and oxygen atoms in total. The predicted molar refractivity (Wildman–Crippen MR) is 103 cm³/mol. The second kappa shape index (κ2) is 7.58. The standard InChI is InChI=1S/C16H26N6O4S2/c1-5-22-14(3)16(13(2)18-22)28(25,26)21-8-6-7-20(9-10-21)27(23,24)15-11-17-19(4)12-15/h11-12H,5-10H2,1-4H3. The van der Waals surface area contributed by atoms with E-state index in [0.717, 1.165) is 0 Å². The van der Waals surface area contributed by atoms with Crippen molar-refractivity contribution in [2.75, 3.05) is 26.2 Å². The summed E-state index contributed by atoms with van der Waals surface area (Å²) in [5.41, 5.74) is 1.06. The lowest BCUT2D eigenvalue weighted by Crippen LogP contribution is -2.37. The van der Waals surface area contributed by atoms with Crippen LogP contribution in [0.3, 0.4) is 0 Å². The maximum atomic E-state index is 13.2. The molecule has 156 valence electrons. The van der Waals surface area contributed by atoms with Crippen molar-refractivity contribution in [3.63, 3.8) is 0 Å². The van der Waals surface area contributed by atoms with Crippen LogP contribution < -0.4 is 0 Å². The van der Waals surface area contributed by atoms with E-state index in [1.807, 2.05) is 6.92 Å². The Hall–Kier alpha value is -1.76. The van der Waals surface area contributed by atoms with E-state index >= 15 is 0 Å². The van der Waals surface area contributed by atoms with Crippen molar-refractivity contribution in [2.24, 2.45) is 7.05 Å². The van der Waals surface area contributed by atoms with Gasteiger partial charge in [0, 0.05) is 46.0 Å². The summed E-state index contributed by atoms with van der Waals surface area (Å²) in [6.45, 7) is 6.63. The summed E-state index contributed by atoms with van der Waals surface area (Å²) in [7, 11) is -5.81. The maximum absolute atomic E-state index is 13.2. The molecular weight excluding hydrogens is 404 g/mol. The van der Waals surface area contributed by atoms with E-state index in [1.165, 1.54) is 25.7 Å². The molecule has 0 spiro atoms. The number of aromatic nitrogens is 4. The van der Waals surface area contributed by atoms with Crippen molar-refractivity contribution in [3.05, 3.63) is 23.8 Å². The predicted octanol–water partition coefficient (Wildman–Crippen LogP) is 0.339. The average molecular weight is 431 g/mol. The van der Waals surface area contributed by atoms with Crippen molar-refractivity contribution >= 4 is 20.0 Å². The molecule has 0 aliphatic carbocycles. The third-order valence-corrected chi connectivity index (χ3v) is 8.95. The molecule has 0 saturated carbocycles.